The third-order valence-corrected chi connectivity index (χ3v) is 2.82. The Hall–Kier alpha value is -1.09. The minimum atomic E-state index is 0.464. The van der Waals surface area contributed by atoms with E-state index in [4.69, 9.17) is 28.9 Å². The van der Waals surface area contributed by atoms with Gasteiger partial charge in [-0.15, -0.1) is 0 Å². The summed E-state index contributed by atoms with van der Waals surface area (Å²) >= 11 is 12.0. The van der Waals surface area contributed by atoms with Crippen molar-refractivity contribution >= 4 is 23.2 Å². The summed E-state index contributed by atoms with van der Waals surface area (Å²) in [6.07, 6.45) is 3.50. The third-order valence-electron chi connectivity index (χ3n) is 2.27. The molecule has 0 saturated heterocycles. The lowest BCUT2D eigenvalue weighted by atomic mass is 10.1. The molecule has 0 bridgehead atoms. The lowest BCUT2D eigenvalue weighted by molar-refractivity contribution is 1.05. The van der Waals surface area contributed by atoms with Gasteiger partial charge in [0, 0.05) is 40.1 Å². The number of nitrogens with zero attached hydrogens (tertiary/aromatic N) is 1. The molecule has 2 aromatic rings. The van der Waals surface area contributed by atoms with Gasteiger partial charge < -0.3 is 5.73 Å². The Kier molecular flexibility index (Phi) is 3.44. The maximum absolute atomic E-state index is 6.12. The Morgan fingerprint density at radius 2 is 1.94 bits per heavy atom. The van der Waals surface area contributed by atoms with Crippen LogP contribution in [0.5, 0.6) is 0 Å². The topological polar surface area (TPSA) is 38.9 Å². The second kappa shape index (κ2) is 4.83. The molecular weight excluding hydrogens is 243 g/mol. The van der Waals surface area contributed by atoms with Gasteiger partial charge in [-0.2, -0.15) is 0 Å². The molecule has 0 aliphatic heterocycles. The van der Waals surface area contributed by atoms with Gasteiger partial charge in [-0.3, -0.25) is 4.98 Å². The van der Waals surface area contributed by atoms with Gasteiger partial charge in [0.2, 0.25) is 0 Å². The second-order valence-electron chi connectivity index (χ2n) is 3.41. The Morgan fingerprint density at radius 3 is 2.62 bits per heavy atom. The van der Waals surface area contributed by atoms with Crippen molar-refractivity contribution in [1.29, 1.82) is 0 Å². The van der Waals surface area contributed by atoms with E-state index in [1.165, 1.54) is 0 Å². The van der Waals surface area contributed by atoms with Crippen LogP contribution in [0.4, 0.5) is 0 Å². The SMILES string of the molecule is NCc1cncc(-c2ccc(Cl)cc2Cl)c1. The molecule has 0 fully saturated rings. The zero-order valence-corrected chi connectivity index (χ0v) is 9.96. The Balaban J connectivity index is 2.49. The quantitative estimate of drug-likeness (QED) is 0.889. The van der Waals surface area contributed by atoms with E-state index in [1.54, 1.807) is 24.5 Å². The van der Waals surface area contributed by atoms with Crippen LogP contribution in [0.2, 0.25) is 10.0 Å². The largest absolute Gasteiger partial charge is 0.326 e. The van der Waals surface area contributed by atoms with E-state index in [0.717, 1.165) is 16.7 Å². The number of halogens is 2. The standard InChI is InChI=1S/C12H10Cl2N2/c13-10-1-2-11(12(14)4-10)9-3-8(5-15)6-16-7-9/h1-4,6-7H,5,15H2. The zero-order valence-electron chi connectivity index (χ0n) is 8.45. The molecule has 1 aromatic carbocycles. The van der Waals surface area contributed by atoms with Crippen LogP contribution in [-0.2, 0) is 6.54 Å². The van der Waals surface area contributed by atoms with E-state index >= 15 is 0 Å². The highest BCUT2D eigenvalue weighted by Crippen LogP contribution is 2.30. The summed E-state index contributed by atoms with van der Waals surface area (Å²) in [6.45, 7) is 0.464. The first kappa shape index (κ1) is 11.4. The van der Waals surface area contributed by atoms with Gasteiger partial charge in [-0.25, -0.2) is 0 Å². The average Bonchev–Trinajstić information content (AvgIpc) is 2.29. The van der Waals surface area contributed by atoms with Gasteiger partial charge in [0.25, 0.3) is 0 Å². The molecule has 2 N–H and O–H groups in total. The summed E-state index contributed by atoms with van der Waals surface area (Å²) in [5.41, 5.74) is 8.40. The normalized spacial score (nSPS) is 10.4. The summed E-state index contributed by atoms with van der Waals surface area (Å²) in [6, 6.07) is 7.37. The van der Waals surface area contributed by atoms with E-state index in [9.17, 15) is 0 Å². The minimum absolute atomic E-state index is 0.464. The summed E-state index contributed by atoms with van der Waals surface area (Å²) in [5, 5.41) is 1.24. The summed E-state index contributed by atoms with van der Waals surface area (Å²) in [4.78, 5) is 4.12. The molecule has 1 aromatic heterocycles. The number of hydrogen-bond acceptors (Lipinski definition) is 2. The van der Waals surface area contributed by atoms with Crippen molar-refractivity contribution in [2.75, 3.05) is 0 Å². The number of rotatable bonds is 2. The maximum Gasteiger partial charge on any atom is 0.0499 e. The predicted molar refractivity (Wildman–Crippen MR) is 67.6 cm³/mol. The molecule has 0 saturated carbocycles. The maximum atomic E-state index is 6.12. The van der Waals surface area contributed by atoms with E-state index in [0.29, 0.717) is 16.6 Å². The molecular formula is C12H10Cl2N2. The first-order valence-electron chi connectivity index (χ1n) is 4.80. The van der Waals surface area contributed by atoms with E-state index < -0.39 is 0 Å². The molecule has 0 unspecified atom stereocenters. The van der Waals surface area contributed by atoms with E-state index in [2.05, 4.69) is 4.98 Å². The van der Waals surface area contributed by atoms with Crippen LogP contribution >= 0.6 is 23.2 Å². The molecule has 0 atom stereocenters. The number of benzene rings is 1. The van der Waals surface area contributed by atoms with Crippen LogP contribution in [0.25, 0.3) is 11.1 Å². The smallest absolute Gasteiger partial charge is 0.0499 e. The molecule has 0 aliphatic rings. The first-order valence-corrected chi connectivity index (χ1v) is 5.55. The molecule has 82 valence electrons. The first-order chi connectivity index (χ1) is 7.70. The van der Waals surface area contributed by atoms with Gasteiger partial charge in [-0.1, -0.05) is 29.3 Å². The third kappa shape index (κ3) is 2.35. The van der Waals surface area contributed by atoms with Crippen LogP contribution in [0.1, 0.15) is 5.56 Å². The molecule has 0 radical (unpaired) electrons. The van der Waals surface area contributed by atoms with Crippen LogP contribution < -0.4 is 5.73 Å². The Labute approximate surface area is 104 Å². The lowest BCUT2D eigenvalue weighted by Gasteiger charge is -2.06. The molecule has 16 heavy (non-hydrogen) atoms. The van der Waals surface area contributed by atoms with Crippen molar-refractivity contribution < 1.29 is 0 Å². The highest BCUT2D eigenvalue weighted by molar-refractivity contribution is 6.36. The van der Waals surface area contributed by atoms with Crippen molar-refractivity contribution in [1.82, 2.24) is 4.98 Å². The summed E-state index contributed by atoms with van der Waals surface area (Å²) in [7, 11) is 0. The van der Waals surface area contributed by atoms with Gasteiger partial charge in [0.05, 0.1) is 0 Å². The Morgan fingerprint density at radius 1 is 1.12 bits per heavy atom. The van der Waals surface area contributed by atoms with Crippen LogP contribution in [0, 0.1) is 0 Å². The Bertz CT molecular complexity index is 512. The monoisotopic (exact) mass is 252 g/mol. The molecule has 1 heterocycles. The van der Waals surface area contributed by atoms with Gasteiger partial charge in [0.1, 0.15) is 0 Å². The van der Waals surface area contributed by atoms with Crippen molar-refractivity contribution in [3.63, 3.8) is 0 Å². The molecule has 2 rings (SSSR count). The molecule has 4 heteroatoms. The average molecular weight is 253 g/mol. The fourth-order valence-electron chi connectivity index (χ4n) is 1.47. The minimum Gasteiger partial charge on any atom is -0.326 e. The van der Waals surface area contributed by atoms with Crippen molar-refractivity contribution in [2.45, 2.75) is 6.54 Å². The second-order valence-corrected chi connectivity index (χ2v) is 4.25. The van der Waals surface area contributed by atoms with Gasteiger partial charge >= 0.3 is 0 Å². The highest BCUT2D eigenvalue weighted by Gasteiger charge is 2.05. The van der Waals surface area contributed by atoms with Gasteiger partial charge in [-0.05, 0) is 23.8 Å². The molecule has 0 spiro atoms. The number of nitrogens with two attached hydrogens (primary N) is 1. The number of pyridine rings is 1. The fraction of sp³-hybridized carbons (Fsp3) is 0.0833. The van der Waals surface area contributed by atoms with Crippen molar-refractivity contribution in [2.24, 2.45) is 5.73 Å². The number of hydrogen-bond donors (Lipinski definition) is 1. The van der Waals surface area contributed by atoms with Gasteiger partial charge in [0.15, 0.2) is 0 Å². The van der Waals surface area contributed by atoms with E-state index in [1.807, 2.05) is 12.1 Å². The summed E-state index contributed by atoms with van der Waals surface area (Å²) in [5.74, 6) is 0. The molecule has 0 amide bonds. The van der Waals surface area contributed by atoms with Crippen LogP contribution in [-0.4, -0.2) is 4.98 Å². The van der Waals surface area contributed by atoms with Crippen LogP contribution in [0.3, 0.4) is 0 Å². The molecule has 0 aliphatic carbocycles. The number of aromatic nitrogens is 1. The van der Waals surface area contributed by atoms with Crippen LogP contribution in [0.15, 0.2) is 36.7 Å². The fourth-order valence-corrected chi connectivity index (χ4v) is 1.99. The highest BCUT2D eigenvalue weighted by atomic mass is 35.5. The van der Waals surface area contributed by atoms with Crippen molar-refractivity contribution in [3.8, 4) is 11.1 Å². The van der Waals surface area contributed by atoms with Crippen molar-refractivity contribution in [3.05, 3.63) is 52.3 Å². The molecule has 2 nitrogen and oxygen atoms in total. The lowest BCUT2D eigenvalue weighted by Crippen LogP contribution is -1.97. The zero-order chi connectivity index (χ0) is 11.5. The predicted octanol–water partition coefficient (Wildman–Crippen LogP) is 3.51. The van der Waals surface area contributed by atoms with E-state index in [-0.39, 0.29) is 0 Å². The summed E-state index contributed by atoms with van der Waals surface area (Å²) < 4.78 is 0.